The maximum atomic E-state index is 13.7. The number of aromatic nitrogens is 3. The van der Waals surface area contributed by atoms with Crippen molar-refractivity contribution in [3.05, 3.63) is 64.4 Å². The first kappa shape index (κ1) is 22.8. The van der Waals surface area contributed by atoms with Gasteiger partial charge in [0.2, 0.25) is 5.91 Å². The molecule has 33 heavy (non-hydrogen) atoms. The van der Waals surface area contributed by atoms with Crippen molar-refractivity contribution in [3.63, 3.8) is 0 Å². The van der Waals surface area contributed by atoms with Gasteiger partial charge in [-0.15, -0.1) is 10.2 Å². The van der Waals surface area contributed by atoms with Crippen molar-refractivity contribution < 1.29 is 18.4 Å². The zero-order valence-corrected chi connectivity index (χ0v) is 18.5. The second-order valence-corrected chi connectivity index (χ2v) is 8.18. The molecule has 0 radical (unpaired) electrons. The monoisotopic (exact) mass is 473 g/mol. The van der Waals surface area contributed by atoms with E-state index in [0.29, 0.717) is 28.2 Å². The molecule has 2 N–H and O–H groups in total. The molecule has 0 atom stereocenters. The lowest BCUT2D eigenvalue weighted by Gasteiger charge is -2.11. The van der Waals surface area contributed by atoms with Crippen LogP contribution < -0.4 is 10.6 Å². The summed E-state index contributed by atoms with van der Waals surface area (Å²) in [4.78, 5) is 24.4. The molecule has 10 heteroatoms. The molecule has 1 aliphatic heterocycles. The van der Waals surface area contributed by atoms with Crippen molar-refractivity contribution in [2.45, 2.75) is 38.6 Å². The number of benzene rings is 2. The highest BCUT2D eigenvalue weighted by Crippen LogP contribution is 2.31. The van der Waals surface area contributed by atoms with Gasteiger partial charge in [0.15, 0.2) is 5.82 Å². The number of halogens is 3. The number of nitrogens with one attached hydrogen (secondary N) is 2. The Labute approximate surface area is 194 Å². The summed E-state index contributed by atoms with van der Waals surface area (Å²) >= 11 is 6.41. The molecule has 0 aliphatic carbocycles. The summed E-state index contributed by atoms with van der Waals surface area (Å²) in [6.07, 6.45) is 4.09. The summed E-state index contributed by atoms with van der Waals surface area (Å²) in [5.74, 6) is -1.20. The van der Waals surface area contributed by atoms with Gasteiger partial charge in [0.05, 0.1) is 10.6 Å². The molecule has 2 amide bonds. The van der Waals surface area contributed by atoms with Gasteiger partial charge in [-0.05, 0) is 43.2 Å². The molecule has 0 spiro atoms. The van der Waals surface area contributed by atoms with Crippen LogP contribution in [0.3, 0.4) is 0 Å². The minimum Gasteiger partial charge on any atom is -0.351 e. The van der Waals surface area contributed by atoms with Crippen molar-refractivity contribution in [2.24, 2.45) is 0 Å². The lowest BCUT2D eigenvalue weighted by molar-refractivity contribution is -0.116. The van der Waals surface area contributed by atoms with Crippen LogP contribution >= 0.6 is 11.6 Å². The van der Waals surface area contributed by atoms with Crippen LogP contribution in [-0.4, -0.2) is 33.1 Å². The Hall–Kier alpha value is -3.33. The number of nitrogens with zero attached hydrogens (tertiary/aromatic N) is 3. The highest BCUT2D eigenvalue weighted by Gasteiger charge is 2.19. The highest BCUT2D eigenvalue weighted by molar-refractivity contribution is 6.33. The number of carbonyl (C=O) groups is 2. The van der Waals surface area contributed by atoms with E-state index in [-0.39, 0.29) is 24.4 Å². The van der Waals surface area contributed by atoms with Crippen LogP contribution in [-0.2, 0) is 17.8 Å². The number of fused-ring (bicyclic) bond motifs is 1. The molecule has 0 unspecified atom stereocenters. The lowest BCUT2D eigenvalue weighted by Crippen LogP contribution is -2.28. The van der Waals surface area contributed by atoms with Gasteiger partial charge in [-0.25, -0.2) is 8.78 Å². The Kier molecular flexibility index (Phi) is 6.98. The zero-order chi connectivity index (χ0) is 23.4. The fourth-order valence-electron chi connectivity index (χ4n) is 3.74. The van der Waals surface area contributed by atoms with Crippen LogP contribution in [0.25, 0.3) is 11.4 Å². The number of amides is 2. The summed E-state index contributed by atoms with van der Waals surface area (Å²) in [5, 5.41) is 14.3. The highest BCUT2D eigenvalue weighted by atomic mass is 35.5. The first-order valence-corrected chi connectivity index (χ1v) is 11.1. The van der Waals surface area contributed by atoms with Gasteiger partial charge < -0.3 is 15.2 Å². The van der Waals surface area contributed by atoms with E-state index >= 15 is 0 Å². The quantitative estimate of drug-likeness (QED) is 0.556. The SMILES string of the molecule is O=C(CCNC(=O)c1ccc(F)cc1F)Nc1ccc(Cl)c(-c2nnc3n2CCCCC3)c1. The second-order valence-electron chi connectivity index (χ2n) is 7.78. The molecule has 2 heterocycles. The lowest BCUT2D eigenvalue weighted by atomic mass is 10.1. The maximum absolute atomic E-state index is 13.7. The number of rotatable bonds is 6. The molecule has 0 saturated carbocycles. The Bertz CT molecular complexity index is 1200. The first-order valence-electron chi connectivity index (χ1n) is 10.7. The Morgan fingerprint density at radius 3 is 2.73 bits per heavy atom. The molecule has 7 nitrogen and oxygen atoms in total. The van der Waals surface area contributed by atoms with Gasteiger partial charge in [-0.1, -0.05) is 18.0 Å². The van der Waals surface area contributed by atoms with Crippen molar-refractivity contribution in [3.8, 4) is 11.4 Å². The number of aryl methyl sites for hydroxylation is 1. The van der Waals surface area contributed by atoms with E-state index in [1.807, 2.05) is 0 Å². The molecular formula is C23H22ClF2N5O2. The van der Waals surface area contributed by atoms with Gasteiger partial charge >= 0.3 is 0 Å². The number of anilines is 1. The third-order valence-electron chi connectivity index (χ3n) is 5.41. The van der Waals surface area contributed by atoms with Crippen molar-refractivity contribution >= 4 is 29.1 Å². The van der Waals surface area contributed by atoms with Crippen LogP contribution in [0.4, 0.5) is 14.5 Å². The normalized spacial score (nSPS) is 13.2. The maximum Gasteiger partial charge on any atom is 0.254 e. The topological polar surface area (TPSA) is 88.9 Å². The van der Waals surface area contributed by atoms with E-state index in [2.05, 4.69) is 25.4 Å². The van der Waals surface area contributed by atoms with E-state index < -0.39 is 17.5 Å². The summed E-state index contributed by atoms with van der Waals surface area (Å²) < 4.78 is 28.7. The Morgan fingerprint density at radius 1 is 1.06 bits per heavy atom. The molecule has 2 aromatic carbocycles. The predicted molar refractivity (Wildman–Crippen MR) is 120 cm³/mol. The molecule has 172 valence electrons. The molecule has 0 saturated heterocycles. The molecular weight excluding hydrogens is 452 g/mol. The van der Waals surface area contributed by atoms with E-state index in [9.17, 15) is 18.4 Å². The van der Waals surface area contributed by atoms with Crippen molar-refractivity contribution in [2.75, 3.05) is 11.9 Å². The van der Waals surface area contributed by atoms with Crippen molar-refractivity contribution in [1.82, 2.24) is 20.1 Å². The largest absolute Gasteiger partial charge is 0.351 e. The summed E-state index contributed by atoms with van der Waals surface area (Å²) in [6.45, 7) is 0.804. The van der Waals surface area contributed by atoms with Gasteiger partial charge in [0.25, 0.3) is 5.91 Å². The molecule has 3 aromatic rings. The van der Waals surface area contributed by atoms with Crippen LogP contribution in [0.2, 0.25) is 5.02 Å². The van der Waals surface area contributed by atoms with E-state index in [1.165, 1.54) is 0 Å². The minimum absolute atomic E-state index is 0.0143. The average Bonchev–Trinajstić information content (AvgIpc) is 3.02. The summed E-state index contributed by atoms with van der Waals surface area (Å²) in [7, 11) is 0. The number of hydrogen-bond donors (Lipinski definition) is 2. The summed E-state index contributed by atoms with van der Waals surface area (Å²) in [5.41, 5.74) is 0.920. The van der Waals surface area contributed by atoms with E-state index in [0.717, 1.165) is 50.2 Å². The van der Waals surface area contributed by atoms with Gasteiger partial charge in [-0.3, -0.25) is 9.59 Å². The fraction of sp³-hybridized carbons (Fsp3) is 0.304. The standard InChI is InChI=1S/C23H22ClF2N5O2/c24-18-8-6-15(13-17(18)22-30-29-20-4-2-1-3-11-31(20)22)28-21(32)9-10-27-23(33)16-7-5-14(25)12-19(16)26/h5-8,12-13H,1-4,9-11H2,(H,27,33)(H,28,32). The van der Waals surface area contributed by atoms with Gasteiger partial charge in [0.1, 0.15) is 17.5 Å². The van der Waals surface area contributed by atoms with Crippen molar-refractivity contribution in [1.29, 1.82) is 0 Å². The molecule has 0 bridgehead atoms. The molecule has 4 rings (SSSR count). The Morgan fingerprint density at radius 2 is 1.91 bits per heavy atom. The van der Waals surface area contributed by atoms with E-state index in [4.69, 9.17) is 11.6 Å². The minimum atomic E-state index is -0.961. The van der Waals surface area contributed by atoms with Gasteiger partial charge in [-0.2, -0.15) is 0 Å². The molecule has 1 aromatic heterocycles. The fourth-order valence-corrected chi connectivity index (χ4v) is 3.94. The van der Waals surface area contributed by atoms with Crippen LogP contribution in [0, 0.1) is 11.6 Å². The van der Waals surface area contributed by atoms with Crippen LogP contribution in [0.15, 0.2) is 36.4 Å². The third kappa shape index (κ3) is 5.36. The zero-order valence-electron chi connectivity index (χ0n) is 17.7. The van der Waals surface area contributed by atoms with Crippen LogP contribution in [0.5, 0.6) is 0 Å². The number of carbonyl (C=O) groups excluding carboxylic acids is 2. The predicted octanol–water partition coefficient (Wildman–Crippen LogP) is 4.36. The Balaban J connectivity index is 1.38. The first-order chi connectivity index (χ1) is 15.9. The van der Waals surface area contributed by atoms with Crippen LogP contribution in [0.1, 0.15) is 41.9 Å². The summed E-state index contributed by atoms with van der Waals surface area (Å²) in [6, 6.07) is 7.79. The smallest absolute Gasteiger partial charge is 0.254 e. The molecule has 1 aliphatic rings. The molecule has 0 fully saturated rings. The average molecular weight is 474 g/mol. The number of hydrogen-bond acceptors (Lipinski definition) is 4. The van der Waals surface area contributed by atoms with Gasteiger partial charge in [0, 0.05) is 43.2 Å². The second kappa shape index (κ2) is 10.1. The third-order valence-corrected chi connectivity index (χ3v) is 5.74. The van der Waals surface area contributed by atoms with E-state index in [1.54, 1.807) is 18.2 Å².